The maximum atomic E-state index is 12.3. The lowest BCUT2D eigenvalue weighted by atomic mass is 9.99. The highest BCUT2D eigenvalue weighted by Gasteiger charge is 2.31. The minimum atomic E-state index is -4.69. The summed E-state index contributed by atoms with van der Waals surface area (Å²) in [4.78, 5) is 0. The summed E-state index contributed by atoms with van der Waals surface area (Å²) in [5.74, 6) is -0.456. The Balaban J connectivity index is 1.06. The van der Waals surface area contributed by atoms with Gasteiger partial charge in [-0.05, 0) is 83.3 Å². The van der Waals surface area contributed by atoms with Gasteiger partial charge in [-0.15, -0.1) is 26.3 Å². The topological polar surface area (TPSA) is 18.5 Å². The normalized spacial score (nSPS) is 11.9. The summed E-state index contributed by atoms with van der Waals surface area (Å²) >= 11 is 0. The molecule has 0 bridgehead atoms. The molecule has 4 rings (SSSR count). The zero-order chi connectivity index (χ0) is 30.7. The van der Waals surface area contributed by atoms with E-state index in [1.165, 1.54) is 67.5 Å². The van der Waals surface area contributed by atoms with E-state index in [1.54, 1.807) is 24.3 Å². The lowest BCUT2D eigenvalue weighted by molar-refractivity contribution is -0.275. The molecular formula is C35H34F6O2. The van der Waals surface area contributed by atoms with Gasteiger partial charge in [-0.2, -0.15) is 0 Å². The molecule has 0 saturated carbocycles. The summed E-state index contributed by atoms with van der Waals surface area (Å²) in [5.41, 5.74) is 6.08. The fraction of sp³-hybridized carbons (Fsp3) is 0.314. The molecule has 8 heteroatoms. The molecule has 0 aliphatic heterocycles. The van der Waals surface area contributed by atoms with Gasteiger partial charge in [-0.3, -0.25) is 0 Å². The molecule has 0 aromatic heterocycles. The van der Waals surface area contributed by atoms with Crippen molar-refractivity contribution in [1.29, 1.82) is 0 Å². The van der Waals surface area contributed by atoms with Crippen LogP contribution < -0.4 is 9.47 Å². The van der Waals surface area contributed by atoms with Crippen LogP contribution in [-0.4, -0.2) is 12.7 Å². The lowest BCUT2D eigenvalue weighted by Crippen LogP contribution is -2.16. The van der Waals surface area contributed by atoms with Crippen LogP contribution in [0, 0.1) is 0 Å². The number of hydrogen-bond acceptors (Lipinski definition) is 2. The average Bonchev–Trinajstić information content (AvgIpc) is 2.96. The van der Waals surface area contributed by atoms with Crippen molar-refractivity contribution in [3.05, 3.63) is 108 Å². The third-order valence-corrected chi connectivity index (χ3v) is 7.18. The van der Waals surface area contributed by atoms with Gasteiger partial charge in [0.1, 0.15) is 11.5 Å². The number of unbranched alkanes of at least 4 members (excludes halogenated alkanes) is 6. The van der Waals surface area contributed by atoms with Crippen LogP contribution in [0.1, 0.15) is 56.1 Å². The molecule has 0 aliphatic carbocycles. The molecule has 4 aromatic carbocycles. The first-order valence-corrected chi connectivity index (χ1v) is 14.4. The standard InChI is InChI=1S/C35H34F6O2/c36-34(37,38)42-32-22-18-30(19-23-32)28-14-10-26(11-15-28)8-6-4-2-1-3-5-7-9-27-12-16-29(17-13-27)31-20-24-33(25-21-31)43-35(39,40)41/h10-25H,1-9H2. The fourth-order valence-corrected chi connectivity index (χ4v) is 4.97. The number of alkyl halides is 6. The predicted molar refractivity (Wildman–Crippen MR) is 157 cm³/mol. The van der Waals surface area contributed by atoms with Crippen molar-refractivity contribution in [3.63, 3.8) is 0 Å². The first-order valence-electron chi connectivity index (χ1n) is 14.4. The highest BCUT2D eigenvalue weighted by molar-refractivity contribution is 5.65. The molecule has 0 saturated heterocycles. The Morgan fingerprint density at radius 3 is 0.884 bits per heavy atom. The molecule has 4 aromatic rings. The maximum absolute atomic E-state index is 12.3. The molecule has 0 spiro atoms. The van der Waals surface area contributed by atoms with Gasteiger partial charge in [0.15, 0.2) is 0 Å². The zero-order valence-electron chi connectivity index (χ0n) is 23.7. The van der Waals surface area contributed by atoms with Crippen LogP contribution in [0.3, 0.4) is 0 Å². The fourth-order valence-electron chi connectivity index (χ4n) is 4.97. The minimum Gasteiger partial charge on any atom is -0.406 e. The van der Waals surface area contributed by atoms with Gasteiger partial charge in [-0.25, -0.2) is 0 Å². The van der Waals surface area contributed by atoms with Crippen molar-refractivity contribution in [2.45, 2.75) is 70.5 Å². The molecule has 2 nitrogen and oxygen atoms in total. The molecule has 43 heavy (non-hydrogen) atoms. The summed E-state index contributed by atoms with van der Waals surface area (Å²) in [6.07, 6.45) is 0.810. The van der Waals surface area contributed by atoms with Gasteiger partial charge >= 0.3 is 12.7 Å². The van der Waals surface area contributed by atoms with Crippen LogP contribution in [0.2, 0.25) is 0 Å². The van der Waals surface area contributed by atoms with E-state index in [-0.39, 0.29) is 11.5 Å². The second-order valence-electron chi connectivity index (χ2n) is 10.5. The van der Waals surface area contributed by atoms with E-state index in [4.69, 9.17) is 0 Å². The van der Waals surface area contributed by atoms with Crippen molar-refractivity contribution in [3.8, 4) is 33.8 Å². The summed E-state index contributed by atoms with van der Waals surface area (Å²) in [6, 6.07) is 28.1. The number of halogens is 6. The number of ether oxygens (including phenoxy) is 2. The number of benzene rings is 4. The Morgan fingerprint density at radius 2 is 0.605 bits per heavy atom. The second-order valence-corrected chi connectivity index (χ2v) is 10.5. The van der Waals surface area contributed by atoms with Crippen molar-refractivity contribution >= 4 is 0 Å². The van der Waals surface area contributed by atoms with E-state index in [1.807, 2.05) is 24.3 Å². The molecule has 0 atom stereocenters. The Morgan fingerprint density at radius 1 is 0.349 bits per heavy atom. The van der Waals surface area contributed by atoms with Crippen LogP contribution in [0.15, 0.2) is 97.1 Å². The van der Waals surface area contributed by atoms with E-state index in [0.717, 1.165) is 47.9 Å². The van der Waals surface area contributed by atoms with Crippen LogP contribution in [-0.2, 0) is 12.8 Å². The van der Waals surface area contributed by atoms with Crippen LogP contribution in [0.4, 0.5) is 26.3 Å². The van der Waals surface area contributed by atoms with Crippen molar-refractivity contribution in [2.75, 3.05) is 0 Å². The molecule has 0 fully saturated rings. The van der Waals surface area contributed by atoms with Gasteiger partial charge in [0.05, 0.1) is 0 Å². The number of aryl methyl sites for hydroxylation is 2. The highest BCUT2D eigenvalue weighted by Crippen LogP contribution is 2.28. The smallest absolute Gasteiger partial charge is 0.406 e. The van der Waals surface area contributed by atoms with Gasteiger partial charge < -0.3 is 9.47 Å². The van der Waals surface area contributed by atoms with Gasteiger partial charge in [-0.1, -0.05) is 105 Å². The van der Waals surface area contributed by atoms with Crippen LogP contribution in [0.5, 0.6) is 11.5 Å². The molecule has 0 amide bonds. The first-order chi connectivity index (χ1) is 20.5. The van der Waals surface area contributed by atoms with Crippen molar-refractivity contribution in [1.82, 2.24) is 0 Å². The largest absolute Gasteiger partial charge is 0.573 e. The third kappa shape index (κ3) is 11.3. The van der Waals surface area contributed by atoms with E-state index in [2.05, 4.69) is 33.7 Å². The molecule has 228 valence electrons. The predicted octanol–water partition coefficient (Wildman–Crippen LogP) is 11.3. The highest BCUT2D eigenvalue weighted by atomic mass is 19.4. The molecule has 0 unspecified atom stereocenters. The Bertz CT molecular complexity index is 1270. The Hall–Kier alpha value is -3.94. The molecule has 0 N–H and O–H groups in total. The zero-order valence-corrected chi connectivity index (χ0v) is 23.7. The Labute approximate surface area is 248 Å². The average molecular weight is 601 g/mol. The molecule has 0 heterocycles. The van der Waals surface area contributed by atoms with Crippen molar-refractivity contribution < 1.29 is 35.8 Å². The van der Waals surface area contributed by atoms with Crippen LogP contribution in [0.25, 0.3) is 22.3 Å². The minimum absolute atomic E-state index is 0.228. The SMILES string of the molecule is FC(F)(F)Oc1ccc(-c2ccc(CCCCCCCCCc3ccc(-c4ccc(OC(F)(F)F)cc4)cc3)cc2)cc1. The third-order valence-electron chi connectivity index (χ3n) is 7.18. The second kappa shape index (κ2) is 15.0. The summed E-state index contributed by atoms with van der Waals surface area (Å²) < 4.78 is 81.8. The quantitative estimate of drug-likeness (QED) is 0.106. The summed E-state index contributed by atoms with van der Waals surface area (Å²) in [5, 5.41) is 0. The van der Waals surface area contributed by atoms with Gasteiger partial charge in [0.25, 0.3) is 0 Å². The van der Waals surface area contributed by atoms with E-state index in [9.17, 15) is 26.3 Å². The number of hydrogen-bond donors (Lipinski definition) is 0. The van der Waals surface area contributed by atoms with E-state index < -0.39 is 12.7 Å². The molecule has 0 aliphatic rings. The van der Waals surface area contributed by atoms with Gasteiger partial charge in [0, 0.05) is 0 Å². The van der Waals surface area contributed by atoms with Gasteiger partial charge in [0.2, 0.25) is 0 Å². The summed E-state index contributed by atoms with van der Waals surface area (Å²) in [7, 11) is 0. The van der Waals surface area contributed by atoms with Crippen LogP contribution >= 0.6 is 0 Å². The first kappa shape index (κ1) is 32.0. The lowest BCUT2D eigenvalue weighted by Gasteiger charge is -2.10. The number of rotatable bonds is 14. The Kier molecular flexibility index (Phi) is 11.1. The maximum Gasteiger partial charge on any atom is 0.573 e. The summed E-state index contributed by atoms with van der Waals surface area (Å²) in [6.45, 7) is 0. The molecular weight excluding hydrogens is 566 g/mol. The monoisotopic (exact) mass is 600 g/mol. The molecule has 0 radical (unpaired) electrons. The van der Waals surface area contributed by atoms with E-state index >= 15 is 0 Å². The van der Waals surface area contributed by atoms with E-state index in [0.29, 0.717) is 0 Å². The van der Waals surface area contributed by atoms with Crippen molar-refractivity contribution in [2.24, 2.45) is 0 Å².